The molecule has 0 spiro atoms. The first-order chi connectivity index (χ1) is 14.1. The molecule has 0 radical (unpaired) electrons. The molecule has 0 bridgehead atoms. The number of fused-ring (bicyclic) bond motifs is 2. The van der Waals surface area contributed by atoms with Gasteiger partial charge in [-0.1, -0.05) is 36.4 Å². The van der Waals surface area contributed by atoms with Crippen molar-refractivity contribution in [2.24, 2.45) is 0 Å². The fourth-order valence-electron chi connectivity index (χ4n) is 3.43. The molecule has 4 rings (SSSR count). The molecule has 0 unspecified atom stereocenters. The lowest BCUT2D eigenvalue weighted by atomic mass is 9.88. The van der Waals surface area contributed by atoms with Crippen LogP contribution in [0.5, 0.6) is 11.5 Å². The van der Waals surface area contributed by atoms with Gasteiger partial charge in [0, 0.05) is 23.1 Å². The Bertz CT molecular complexity index is 997. The summed E-state index contributed by atoms with van der Waals surface area (Å²) in [6.07, 6.45) is 0.619. The summed E-state index contributed by atoms with van der Waals surface area (Å²) in [4.78, 5) is 25.0. The lowest BCUT2D eigenvalue weighted by Crippen LogP contribution is -2.21. The van der Waals surface area contributed by atoms with E-state index in [-0.39, 0.29) is 30.6 Å². The summed E-state index contributed by atoms with van der Waals surface area (Å²) < 4.78 is 24.3. The molecule has 0 atom stereocenters. The predicted octanol–water partition coefficient (Wildman–Crippen LogP) is 5.27. The van der Waals surface area contributed by atoms with E-state index in [0.29, 0.717) is 23.5 Å². The molecule has 0 amide bonds. The smallest absolute Gasteiger partial charge is 0.318 e. The third kappa shape index (κ3) is 4.04. The number of hydrogen-bond donors (Lipinski definition) is 0. The SMILES string of the molecule is O=C(CCCOC(=O)C1c2ccccc2Oc2ccccc21)c1ccc(F)cc1. The van der Waals surface area contributed by atoms with Crippen molar-refractivity contribution in [2.75, 3.05) is 6.61 Å². The van der Waals surface area contributed by atoms with E-state index in [1.807, 2.05) is 48.5 Å². The summed E-state index contributed by atoms with van der Waals surface area (Å²) in [7, 11) is 0. The molecule has 0 N–H and O–H groups in total. The van der Waals surface area contributed by atoms with Crippen molar-refractivity contribution in [1.29, 1.82) is 0 Å². The van der Waals surface area contributed by atoms with E-state index >= 15 is 0 Å². The fourth-order valence-corrected chi connectivity index (χ4v) is 3.43. The van der Waals surface area contributed by atoms with Crippen LogP contribution in [-0.4, -0.2) is 18.4 Å². The highest BCUT2D eigenvalue weighted by Gasteiger charge is 2.33. The average Bonchev–Trinajstić information content (AvgIpc) is 2.75. The molecular weight excluding hydrogens is 371 g/mol. The molecule has 29 heavy (non-hydrogen) atoms. The minimum absolute atomic E-state index is 0.109. The zero-order valence-corrected chi connectivity index (χ0v) is 15.6. The van der Waals surface area contributed by atoms with Gasteiger partial charge >= 0.3 is 5.97 Å². The Kier molecular flexibility index (Phi) is 5.38. The second kappa shape index (κ2) is 8.27. The number of esters is 1. The Morgan fingerprint density at radius 2 is 1.45 bits per heavy atom. The molecule has 0 saturated heterocycles. The fraction of sp³-hybridized carbons (Fsp3) is 0.167. The summed E-state index contributed by atoms with van der Waals surface area (Å²) in [6, 6.07) is 20.2. The molecule has 0 aliphatic carbocycles. The van der Waals surface area contributed by atoms with Crippen LogP contribution in [-0.2, 0) is 9.53 Å². The third-order valence-electron chi connectivity index (χ3n) is 4.87. The van der Waals surface area contributed by atoms with Gasteiger partial charge in [0.15, 0.2) is 5.78 Å². The van der Waals surface area contributed by atoms with Gasteiger partial charge in [-0.15, -0.1) is 0 Å². The summed E-state index contributed by atoms with van der Waals surface area (Å²) in [5.74, 6) is -0.152. The molecule has 1 heterocycles. The number of carbonyl (C=O) groups is 2. The summed E-state index contributed by atoms with van der Waals surface area (Å²) in [5, 5.41) is 0. The van der Waals surface area contributed by atoms with Crippen LogP contribution in [0.25, 0.3) is 0 Å². The highest BCUT2D eigenvalue weighted by molar-refractivity contribution is 5.96. The van der Waals surface area contributed by atoms with Crippen LogP contribution in [0, 0.1) is 5.82 Å². The minimum Gasteiger partial charge on any atom is -0.465 e. The Hall–Kier alpha value is -3.47. The van der Waals surface area contributed by atoms with Crippen molar-refractivity contribution < 1.29 is 23.5 Å². The van der Waals surface area contributed by atoms with Crippen molar-refractivity contribution in [2.45, 2.75) is 18.8 Å². The lowest BCUT2D eigenvalue weighted by Gasteiger charge is -2.26. The topological polar surface area (TPSA) is 52.6 Å². The standard InChI is InChI=1S/C24H19FO4/c25-17-13-11-16(12-14-17)20(26)8-5-15-28-24(27)23-18-6-1-3-9-21(18)29-22-10-4-2-7-19(22)23/h1-4,6-7,9-14,23H,5,8,15H2. The van der Waals surface area contributed by atoms with Gasteiger partial charge in [0.05, 0.1) is 6.61 Å². The number of ether oxygens (including phenoxy) is 2. The molecule has 4 nitrogen and oxygen atoms in total. The van der Waals surface area contributed by atoms with Crippen LogP contribution in [0.1, 0.15) is 40.2 Å². The highest BCUT2D eigenvalue weighted by atomic mass is 19.1. The van der Waals surface area contributed by atoms with Crippen molar-refractivity contribution in [3.8, 4) is 11.5 Å². The van der Waals surface area contributed by atoms with Crippen molar-refractivity contribution in [3.63, 3.8) is 0 Å². The van der Waals surface area contributed by atoms with Gasteiger partial charge in [-0.05, 0) is 42.8 Å². The number of ketones is 1. The summed E-state index contributed by atoms with van der Waals surface area (Å²) in [5.41, 5.74) is 1.97. The summed E-state index contributed by atoms with van der Waals surface area (Å²) in [6.45, 7) is 0.132. The number of halogens is 1. The Morgan fingerprint density at radius 3 is 2.07 bits per heavy atom. The number of rotatable bonds is 6. The molecule has 5 heteroatoms. The highest BCUT2D eigenvalue weighted by Crippen LogP contribution is 2.44. The van der Waals surface area contributed by atoms with Gasteiger partial charge in [-0.25, -0.2) is 4.39 Å². The van der Waals surface area contributed by atoms with Gasteiger partial charge in [0.1, 0.15) is 23.2 Å². The van der Waals surface area contributed by atoms with Gasteiger partial charge in [-0.3, -0.25) is 9.59 Å². The monoisotopic (exact) mass is 390 g/mol. The molecule has 0 saturated carbocycles. The number of para-hydroxylation sites is 2. The van der Waals surface area contributed by atoms with Gasteiger partial charge in [0.2, 0.25) is 0 Å². The van der Waals surface area contributed by atoms with Gasteiger partial charge < -0.3 is 9.47 Å². The molecule has 0 fully saturated rings. The van der Waals surface area contributed by atoms with Crippen LogP contribution in [0.4, 0.5) is 4.39 Å². The molecule has 1 aliphatic rings. The van der Waals surface area contributed by atoms with Crippen LogP contribution in [0.3, 0.4) is 0 Å². The van der Waals surface area contributed by atoms with Gasteiger partial charge in [-0.2, -0.15) is 0 Å². The van der Waals surface area contributed by atoms with E-state index in [1.54, 1.807) is 0 Å². The van der Waals surface area contributed by atoms with Crippen LogP contribution in [0.15, 0.2) is 72.8 Å². The van der Waals surface area contributed by atoms with E-state index in [4.69, 9.17) is 9.47 Å². The first-order valence-electron chi connectivity index (χ1n) is 9.44. The summed E-state index contributed by atoms with van der Waals surface area (Å²) >= 11 is 0. The minimum atomic E-state index is -0.566. The third-order valence-corrected chi connectivity index (χ3v) is 4.87. The van der Waals surface area contributed by atoms with Crippen molar-refractivity contribution in [1.82, 2.24) is 0 Å². The van der Waals surface area contributed by atoms with Crippen LogP contribution in [0.2, 0.25) is 0 Å². The van der Waals surface area contributed by atoms with E-state index in [1.165, 1.54) is 24.3 Å². The Labute approximate surface area is 167 Å². The molecular formula is C24H19FO4. The second-order valence-electron chi connectivity index (χ2n) is 6.81. The Morgan fingerprint density at radius 1 is 0.862 bits per heavy atom. The molecule has 3 aromatic carbocycles. The zero-order chi connectivity index (χ0) is 20.2. The second-order valence-corrected chi connectivity index (χ2v) is 6.81. The van der Waals surface area contributed by atoms with Crippen LogP contribution >= 0.6 is 0 Å². The first-order valence-corrected chi connectivity index (χ1v) is 9.44. The number of carbonyl (C=O) groups excluding carboxylic acids is 2. The van der Waals surface area contributed by atoms with E-state index < -0.39 is 5.92 Å². The van der Waals surface area contributed by atoms with E-state index in [2.05, 4.69) is 0 Å². The van der Waals surface area contributed by atoms with E-state index in [0.717, 1.165) is 11.1 Å². The lowest BCUT2D eigenvalue weighted by molar-refractivity contribution is -0.144. The molecule has 3 aromatic rings. The Balaban J connectivity index is 1.40. The quantitative estimate of drug-likeness (QED) is 0.327. The maximum atomic E-state index is 13.0. The first kappa shape index (κ1) is 18.9. The maximum absolute atomic E-state index is 13.0. The predicted molar refractivity (Wildman–Crippen MR) is 106 cm³/mol. The zero-order valence-electron chi connectivity index (χ0n) is 15.6. The molecule has 146 valence electrons. The maximum Gasteiger partial charge on any atom is 0.318 e. The van der Waals surface area contributed by atoms with Crippen molar-refractivity contribution >= 4 is 11.8 Å². The molecule has 0 aromatic heterocycles. The van der Waals surface area contributed by atoms with Crippen molar-refractivity contribution in [3.05, 3.63) is 95.3 Å². The number of hydrogen-bond acceptors (Lipinski definition) is 4. The van der Waals surface area contributed by atoms with E-state index in [9.17, 15) is 14.0 Å². The average molecular weight is 390 g/mol. The largest absolute Gasteiger partial charge is 0.465 e. The van der Waals surface area contributed by atoms with Gasteiger partial charge in [0.25, 0.3) is 0 Å². The molecule has 1 aliphatic heterocycles. The normalized spacial score (nSPS) is 12.4. The number of benzene rings is 3. The number of Topliss-reactive ketones (excluding diaryl/α,β-unsaturated/α-hetero) is 1. The van der Waals surface area contributed by atoms with Crippen LogP contribution < -0.4 is 4.74 Å².